The molecule has 1 heterocycles. The smallest absolute Gasteiger partial charge is 0.255 e. The van der Waals surface area contributed by atoms with Gasteiger partial charge in [-0.2, -0.15) is 0 Å². The summed E-state index contributed by atoms with van der Waals surface area (Å²) in [7, 11) is 0. The van der Waals surface area contributed by atoms with Gasteiger partial charge in [0.25, 0.3) is 5.91 Å². The van der Waals surface area contributed by atoms with Gasteiger partial charge in [0, 0.05) is 21.4 Å². The zero-order chi connectivity index (χ0) is 21.3. The molecule has 0 unspecified atom stereocenters. The number of nitrogens with zero attached hydrogens (tertiary/aromatic N) is 1. The lowest BCUT2D eigenvalue weighted by Gasteiger charge is -2.26. The second-order valence-electron chi connectivity index (χ2n) is 7.30. The van der Waals surface area contributed by atoms with E-state index in [2.05, 4.69) is 27.3 Å². The third-order valence-electron chi connectivity index (χ3n) is 5.02. The van der Waals surface area contributed by atoms with Crippen molar-refractivity contribution in [2.75, 3.05) is 16.0 Å². The molecular formula is C24H21BrN2O2S. The summed E-state index contributed by atoms with van der Waals surface area (Å²) in [5, 5.41) is 2.84. The molecule has 0 bridgehead atoms. The Balaban J connectivity index is 1.60. The molecule has 0 radical (unpaired) electrons. The van der Waals surface area contributed by atoms with Crippen LogP contribution in [0, 0.1) is 13.8 Å². The topological polar surface area (TPSA) is 49.4 Å². The molecule has 0 aliphatic carbocycles. The average molecular weight is 481 g/mol. The van der Waals surface area contributed by atoms with Crippen molar-refractivity contribution < 1.29 is 9.59 Å². The van der Waals surface area contributed by atoms with Gasteiger partial charge in [-0.1, -0.05) is 45.8 Å². The van der Waals surface area contributed by atoms with Crippen LogP contribution in [0.4, 0.5) is 11.4 Å². The van der Waals surface area contributed by atoms with Crippen LogP contribution in [0.1, 0.15) is 32.4 Å². The number of carbonyl (C=O) groups is 2. The summed E-state index contributed by atoms with van der Waals surface area (Å²) in [6.45, 7) is 4.08. The third kappa shape index (κ3) is 4.30. The van der Waals surface area contributed by atoms with E-state index in [0.717, 1.165) is 21.3 Å². The van der Waals surface area contributed by atoms with Crippen LogP contribution < -0.4 is 10.2 Å². The van der Waals surface area contributed by atoms with Crippen molar-refractivity contribution >= 4 is 50.9 Å². The zero-order valence-corrected chi connectivity index (χ0v) is 19.1. The molecule has 3 aromatic rings. The Morgan fingerprint density at radius 2 is 1.83 bits per heavy atom. The lowest BCUT2D eigenvalue weighted by molar-refractivity contribution is -0.115. The first-order valence-electron chi connectivity index (χ1n) is 9.60. The standard InChI is InChI=1S/C24H21BrN2O2S/c1-15-6-11-21(16(2)12-15)27-22(28)14-30-24(27)18-4-3-5-20(13-18)26-23(29)17-7-9-19(25)10-8-17/h3-13,24H,14H2,1-2H3,(H,26,29)/t24-/m0/s1. The molecule has 2 amide bonds. The highest BCUT2D eigenvalue weighted by Crippen LogP contribution is 2.43. The van der Waals surface area contributed by atoms with Gasteiger partial charge in [-0.25, -0.2) is 0 Å². The molecule has 0 spiro atoms. The summed E-state index contributed by atoms with van der Waals surface area (Å²) in [5.74, 6) is 0.371. The van der Waals surface area contributed by atoms with Crippen LogP contribution in [-0.4, -0.2) is 17.6 Å². The Morgan fingerprint density at radius 3 is 2.57 bits per heavy atom. The van der Waals surface area contributed by atoms with Gasteiger partial charge in [0.05, 0.1) is 5.75 Å². The Morgan fingerprint density at radius 1 is 1.07 bits per heavy atom. The van der Waals surface area contributed by atoms with E-state index in [-0.39, 0.29) is 17.2 Å². The summed E-state index contributed by atoms with van der Waals surface area (Å²) < 4.78 is 0.926. The molecule has 0 aromatic heterocycles. The van der Waals surface area contributed by atoms with Crippen molar-refractivity contribution in [2.24, 2.45) is 0 Å². The summed E-state index contributed by atoms with van der Waals surface area (Å²) in [5.41, 5.74) is 5.47. The number of thioether (sulfide) groups is 1. The Bertz CT molecular complexity index is 1110. The Kier molecular flexibility index (Phi) is 5.97. The predicted octanol–water partition coefficient (Wildman–Crippen LogP) is 6.10. The molecule has 6 heteroatoms. The Hall–Kier alpha value is -2.57. The molecule has 152 valence electrons. The minimum atomic E-state index is -0.166. The van der Waals surface area contributed by atoms with Gasteiger partial charge >= 0.3 is 0 Å². The third-order valence-corrected chi connectivity index (χ3v) is 6.76. The molecule has 1 saturated heterocycles. The second kappa shape index (κ2) is 8.66. The number of hydrogen-bond donors (Lipinski definition) is 1. The first-order chi connectivity index (χ1) is 14.4. The minimum Gasteiger partial charge on any atom is -0.322 e. The van der Waals surface area contributed by atoms with E-state index in [9.17, 15) is 9.59 Å². The number of hydrogen-bond acceptors (Lipinski definition) is 3. The quantitative estimate of drug-likeness (QED) is 0.490. The van der Waals surface area contributed by atoms with Gasteiger partial charge < -0.3 is 5.32 Å². The van der Waals surface area contributed by atoms with Crippen LogP contribution in [0.5, 0.6) is 0 Å². The van der Waals surface area contributed by atoms with Crippen LogP contribution in [0.2, 0.25) is 0 Å². The molecule has 0 saturated carbocycles. The predicted molar refractivity (Wildman–Crippen MR) is 127 cm³/mol. The summed E-state index contributed by atoms with van der Waals surface area (Å²) >= 11 is 4.98. The monoisotopic (exact) mass is 480 g/mol. The molecule has 1 N–H and O–H groups in total. The molecular weight excluding hydrogens is 460 g/mol. The molecule has 1 atom stereocenters. The van der Waals surface area contributed by atoms with Crippen molar-refractivity contribution in [3.8, 4) is 0 Å². The Labute approximate surface area is 188 Å². The molecule has 1 aliphatic heterocycles. The first-order valence-corrected chi connectivity index (χ1v) is 11.4. The summed E-state index contributed by atoms with van der Waals surface area (Å²) in [4.78, 5) is 27.1. The van der Waals surface area contributed by atoms with Gasteiger partial charge in [0.1, 0.15) is 5.37 Å². The fraction of sp³-hybridized carbons (Fsp3) is 0.167. The number of halogens is 1. The maximum atomic E-state index is 12.7. The SMILES string of the molecule is Cc1ccc(N2C(=O)CS[C@H]2c2cccc(NC(=O)c3ccc(Br)cc3)c2)c(C)c1. The summed E-state index contributed by atoms with van der Waals surface area (Å²) in [6.07, 6.45) is 0. The lowest BCUT2D eigenvalue weighted by atomic mass is 10.1. The van der Waals surface area contributed by atoms with Crippen LogP contribution in [-0.2, 0) is 4.79 Å². The molecule has 4 nitrogen and oxygen atoms in total. The van der Waals surface area contributed by atoms with E-state index >= 15 is 0 Å². The highest BCUT2D eigenvalue weighted by molar-refractivity contribution is 9.10. The number of amides is 2. The van der Waals surface area contributed by atoms with Gasteiger partial charge in [-0.15, -0.1) is 11.8 Å². The lowest BCUT2D eigenvalue weighted by Crippen LogP contribution is -2.28. The zero-order valence-electron chi connectivity index (χ0n) is 16.7. The van der Waals surface area contributed by atoms with E-state index in [1.54, 1.807) is 23.9 Å². The minimum absolute atomic E-state index is 0.0984. The van der Waals surface area contributed by atoms with E-state index < -0.39 is 0 Å². The van der Waals surface area contributed by atoms with Crippen molar-refractivity contribution in [3.05, 3.63) is 93.5 Å². The van der Waals surface area contributed by atoms with E-state index in [0.29, 0.717) is 17.0 Å². The van der Waals surface area contributed by atoms with E-state index in [1.807, 2.05) is 67.3 Å². The van der Waals surface area contributed by atoms with E-state index in [1.165, 1.54) is 5.56 Å². The first kappa shape index (κ1) is 20.7. The molecule has 3 aromatic carbocycles. The molecule has 1 aliphatic rings. The molecule has 30 heavy (non-hydrogen) atoms. The van der Waals surface area contributed by atoms with Crippen molar-refractivity contribution in [3.63, 3.8) is 0 Å². The maximum Gasteiger partial charge on any atom is 0.255 e. The van der Waals surface area contributed by atoms with Crippen molar-refractivity contribution in [2.45, 2.75) is 19.2 Å². The van der Waals surface area contributed by atoms with Crippen molar-refractivity contribution in [1.29, 1.82) is 0 Å². The fourth-order valence-corrected chi connectivity index (χ4v) is 5.00. The normalized spacial score (nSPS) is 16.0. The number of rotatable bonds is 4. The molecule has 4 rings (SSSR count). The summed E-state index contributed by atoms with van der Waals surface area (Å²) in [6, 6.07) is 21.1. The van der Waals surface area contributed by atoms with Gasteiger partial charge in [0.15, 0.2) is 0 Å². The largest absolute Gasteiger partial charge is 0.322 e. The van der Waals surface area contributed by atoms with Crippen LogP contribution in [0.15, 0.2) is 71.2 Å². The van der Waals surface area contributed by atoms with Crippen LogP contribution >= 0.6 is 27.7 Å². The maximum absolute atomic E-state index is 12.7. The number of benzene rings is 3. The van der Waals surface area contributed by atoms with E-state index in [4.69, 9.17) is 0 Å². The van der Waals surface area contributed by atoms with Crippen LogP contribution in [0.3, 0.4) is 0 Å². The number of anilines is 2. The van der Waals surface area contributed by atoms with Gasteiger partial charge in [0.2, 0.25) is 5.91 Å². The number of nitrogens with one attached hydrogen (secondary N) is 1. The van der Waals surface area contributed by atoms with Gasteiger partial charge in [-0.3, -0.25) is 14.5 Å². The van der Waals surface area contributed by atoms with Gasteiger partial charge in [-0.05, 0) is 67.4 Å². The second-order valence-corrected chi connectivity index (χ2v) is 9.29. The average Bonchev–Trinajstić information content (AvgIpc) is 3.10. The number of aryl methyl sites for hydroxylation is 2. The van der Waals surface area contributed by atoms with Crippen molar-refractivity contribution in [1.82, 2.24) is 0 Å². The number of carbonyl (C=O) groups excluding carboxylic acids is 2. The highest BCUT2D eigenvalue weighted by Gasteiger charge is 2.34. The van der Waals surface area contributed by atoms with Crippen LogP contribution in [0.25, 0.3) is 0 Å². The molecule has 1 fully saturated rings. The fourth-order valence-electron chi connectivity index (χ4n) is 3.58. The highest BCUT2D eigenvalue weighted by atomic mass is 79.9.